The zero-order chi connectivity index (χ0) is 22.9. The van der Waals surface area contributed by atoms with Gasteiger partial charge in [0.05, 0.1) is 36.8 Å². The molecule has 0 unspecified atom stereocenters. The summed E-state index contributed by atoms with van der Waals surface area (Å²) in [5.41, 5.74) is 2.91. The topological polar surface area (TPSA) is 79.6 Å². The molecule has 0 N–H and O–H groups in total. The van der Waals surface area contributed by atoms with Crippen molar-refractivity contribution in [3.63, 3.8) is 0 Å². The number of sulfonamides is 1. The molecule has 0 aliphatic carbocycles. The van der Waals surface area contributed by atoms with Crippen LogP contribution in [0.15, 0.2) is 71.6 Å². The number of rotatable bonds is 5. The first-order valence-corrected chi connectivity index (χ1v) is 11.6. The number of aryl methyl sites for hydroxylation is 1. The van der Waals surface area contributed by atoms with Crippen LogP contribution < -0.4 is 13.8 Å². The SMILES string of the molecule is COc1cc2c(cc1OC)N(S(=O)(=O)c1ccc(C)cc1)C[C@@H](c1ccccc1)[C@@H]2C#N. The number of hydrogen-bond donors (Lipinski definition) is 0. The van der Waals surface area contributed by atoms with Crippen molar-refractivity contribution in [3.8, 4) is 17.6 Å². The molecule has 0 fully saturated rings. The van der Waals surface area contributed by atoms with E-state index in [1.165, 1.54) is 18.5 Å². The van der Waals surface area contributed by atoms with E-state index in [1.807, 2.05) is 37.3 Å². The summed E-state index contributed by atoms with van der Waals surface area (Å²) in [6.07, 6.45) is 0. The van der Waals surface area contributed by atoms with Crippen LogP contribution >= 0.6 is 0 Å². The lowest BCUT2D eigenvalue weighted by Crippen LogP contribution is -2.40. The molecule has 164 valence electrons. The monoisotopic (exact) mass is 448 g/mol. The number of anilines is 1. The zero-order valence-corrected chi connectivity index (χ0v) is 19.0. The number of ether oxygens (including phenoxy) is 2. The molecular weight excluding hydrogens is 424 g/mol. The maximum Gasteiger partial charge on any atom is 0.264 e. The molecule has 0 bridgehead atoms. The van der Waals surface area contributed by atoms with Gasteiger partial charge in [-0.25, -0.2) is 8.42 Å². The van der Waals surface area contributed by atoms with Gasteiger partial charge in [0, 0.05) is 18.5 Å². The lowest BCUT2D eigenvalue weighted by molar-refractivity contribution is 0.354. The number of nitriles is 1. The molecular formula is C25H24N2O4S. The van der Waals surface area contributed by atoms with Crippen molar-refractivity contribution in [3.05, 3.63) is 83.4 Å². The second-order valence-corrected chi connectivity index (χ2v) is 9.60. The smallest absolute Gasteiger partial charge is 0.264 e. The minimum Gasteiger partial charge on any atom is -0.493 e. The predicted molar refractivity (Wildman–Crippen MR) is 123 cm³/mol. The average molecular weight is 449 g/mol. The summed E-state index contributed by atoms with van der Waals surface area (Å²) in [7, 11) is -0.864. The van der Waals surface area contributed by atoms with Gasteiger partial charge in [0.15, 0.2) is 11.5 Å². The van der Waals surface area contributed by atoms with Gasteiger partial charge in [-0.1, -0.05) is 48.0 Å². The van der Waals surface area contributed by atoms with Crippen molar-refractivity contribution in [1.82, 2.24) is 0 Å². The van der Waals surface area contributed by atoms with Gasteiger partial charge >= 0.3 is 0 Å². The highest BCUT2D eigenvalue weighted by atomic mass is 32.2. The molecule has 0 spiro atoms. The molecule has 3 aromatic carbocycles. The van der Waals surface area contributed by atoms with Crippen LogP contribution in [-0.2, 0) is 10.0 Å². The van der Waals surface area contributed by atoms with Crippen LogP contribution in [0.3, 0.4) is 0 Å². The predicted octanol–water partition coefficient (Wildman–Crippen LogP) is 4.61. The number of nitrogens with zero attached hydrogens (tertiary/aromatic N) is 2. The molecule has 6 nitrogen and oxygen atoms in total. The Morgan fingerprint density at radius 1 is 0.969 bits per heavy atom. The van der Waals surface area contributed by atoms with Crippen LogP contribution in [0.1, 0.15) is 28.5 Å². The normalized spacial score (nSPS) is 17.9. The molecule has 2 atom stereocenters. The van der Waals surface area contributed by atoms with Crippen molar-refractivity contribution in [2.24, 2.45) is 0 Å². The van der Waals surface area contributed by atoms with E-state index >= 15 is 0 Å². The molecule has 0 saturated heterocycles. The zero-order valence-electron chi connectivity index (χ0n) is 18.1. The van der Waals surface area contributed by atoms with Gasteiger partial charge in [0.25, 0.3) is 10.0 Å². The quantitative estimate of drug-likeness (QED) is 0.569. The van der Waals surface area contributed by atoms with E-state index < -0.39 is 15.9 Å². The minimum atomic E-state index is -3.88. The Labute approximate surface area is 188 Å². The number of methoxy groups -OCH3 is 2. The van der Waals surface area contributed by atoms with Gasteiger partial charge in [-0.15, -0.1) is 0 Å². The van der Waals surface area contributed by atoms with Crippen molar-refractivity contribution in [1.29, 1.82) is 5.26 Å². The van der Waals surface area contributed by atoms with Crippen molar-refractivity contribution in [2.75, 3.05) is 25.1 Å². The maximum absolute atomic E-state index is 13.8. The highest BCUT2D eigenvalue weighted by Crippen LogP contribution is 2.48. The molecule has 1 aliphatic heterocycles. The van der Waals surface area contributed by atoms with Crippen molar-refractivity contribution in [2.45, 2.75) is 23.7 Å². The third-order valence-corrected chi connectivity index (χ3v) is 7.67. The first-order valence-electron chi connectivity index (χ1n) is 10.2. The summed E-state index contributed by atoms with van der Waals surface area (Å²) in [6, 6.07) is 22.1. The molecule has 4 rings (SSSR count). The van der Waals surface area contributed by atoms with Crippen LogP contribution in [0.2, 0.25) is 0 Å². The lowest BCUT2D eigenvalue weighted by atomic mass is 9.79. The molecule has 1 heterocycles. The summed E-state index contributed by atoms with van der Waals surface area (Å²) in [5, 5.41) is 10.1. The van der Waals surface area contributed by atoms with Gasteiger partial charge in [-0.05, 0) is 36.2 Å². The van der Waals surface area contributed by atoms with E-state index in [1.54, 1.807) is 36.4 Å². The van der Waals surface area contributed by atoms with Crippen LogP contribution in [0, 0.1) is 18.3 Å². The first kappa shape index (κ1) is 21.7. The van der Waals surface area contributed by atoms with Gasteiger partial charge < -0.3 is 9.47 Å². The van der Waals surface area contributed by atoms with Crippen LogP contribution in [0.4, 0.5) is 5.69 Å². The standard InChI is InChI=1S/C25H24N2O4S/c1-17-9-11-19(12-10-17)32(28,29)27-16-22(18-7-5-4-6-8-18)21(15-26)20-13-24(30-2)25(31-3)14-23(20)27/h4-14,21-22H,16H2,1-3H3/t21-,22+/m1/s1. The van der Waals surface area contributed by atoms with E-state index in [4.69, 9.17) is 9.47 Å². The van der Waals surface area contributed by atoms with E-state index in [0.717, 1.165) is 11.1 Å². The second-order valence-electron chi connectivity index (χ2n) is 7.74. The highest BCUT2D eigenvalue weighted by molar-refractivity contribution is 7.92. The van der Waals surface area contributed by atoms with Gasteiger partial charge in [0.1, 0.15) is 0 Å². The molecule has 0 amide bonds. The summed E-state index contributed by atoms with van der Waals surface area (Å²) in [4.78, 5) is 0.200. The number of fused-ring (bicyclic) bond motifs is 1. The molecule has 32 heavy (non-hydrogen) atoms. The van der Waals surface area contributed by atoms with Crippen LogP contribution in [-0.4, -0.2) is 29.2 Å². The Bertz CT molecular complexity index is 1270. The highest BCUT2D eigenvalue weighted by Gasteiger charge is 2.40. The number of benzene rings is 3. The lowest BCUT2D eigenvalue weighted by Gasteiger charge is -2.38. The summed E-state index contributed by atoms with van der Waals surface area (Å²) >= 11 is 0. The maximum atomic E-state index is 13.8. The number of hydrogen-bond acceptors (Lipinski definition) is 5. The van der Waals surface area contributed by atoms with Crippen molar-refractivity contribution < 1.29 is 17.9 Å². The largest absolute Gasteiger partial charge is 0.493 e. The Kier molecular flexibility index (Phi) is 5.81. The molecule has 7 heteroatoms. The third kappa shape index (κ3) is 3.67. The van der Waals surface area contributed by atoms with E-state index in [-0.39, 0.29) is 17.4 Å². The molecule has 0 aromatic heterocycles. The Morgan fingerprint density at radius 3 is 2.19 bits per heavy atom. The van der Waals surface area contributed by atoms with Gasteiger partial charge in [-0.3, -0.25) is 4.31 Å². The van der Waals surface area contributed by atoms with Crippen LogP contribution in [0.25, 0.3) is 0 Å². The first-order chi connectivity index (χ1) is 15.4. The summed E-state index contributed by atoms with van der Waals surface area (Å²) in [6.45, 7) is 2.05. The molecule has 0 saturated carbocycles. The second kappa shape index (κ2) is 8.56. The van der Waals surface area contributed by atoms with E-state index in [9.17, 15) is 13.7 Å². The molecule has 3 aromatic rings. The average Bonchev–Trinajstić information content (AvgIpc) is 2.82. The fourth-order valence-corrected chi connectivity index (χ4v) is 5.68. The van der Waals surface area contributed by atoms with E-state index in [0.29, 0.717) is 22.7 Å². The summed E-state index contributed by atoms with van der Waals surface area (Å²) in [5.74, 6) is -0.0261. The Morgan fingerprint density at radius 2 is 1.59 bits per heavy atom. The molecule has 0 radical (unpaired) electrons. The summed E-state index contributed by atoms with van der Waals surface area (Å²) < 4.78 is 39.8. The third-order valence-electron chi connectivity index (χ3n) is 5.88. The fraction of sp³-hybridized carbons (Fsp3) is 0.240. The Balaban J connectivity index is 1.95. The van der Waals surface area contributed by atoms with Gasteiger partial charge in [0.2, 0.25) is 0 Å². The van der Waals surface area contributed by atoms with Gasteiger partial charge in [-0.2, -0.15) is 5.26 Å². The van der Waals surface area contributed by atoms with Crippen molar-refractivity contribution >= 4 is 15.7 Å². The Hall–Kier alpha value is -3.50. The van der Waals surface area contributed by atoms with Crippen LogP contribution in [0.5, 0.6) is 11.5 Å². The minimum absolute atomic E-state index is 0.140. The molecule has 1 aliphatic rings. The fourth-order valence-electron chi connectivity index (χ4n) is 4.17. The van der Waals surface area contributed by atoms with E-state index in [2.05, 4.69) is 6.07 Å².